The van der Waals surface area contributed by atoms with Gasteiger partial charge in [0.15, 0.2) is 0 Å². The molecule has 2 aliphatic rings. The van der Waals surface area contributed by atoms with Crippen molar-refractivity contribution in [2.45, 2.75) is 91.9 Å². The van der Waals surface area contributed by atoms with Gasteiger partial charge in [0.1, 0.15) is 0 Å². The zero-order valence-electron chi connectivity index (χ0n) is 15.0. The van der Waals surface area contributed by atoms with Crippen LogP contribution in [0.2, 0.25) is 0 Å². The van der Waals surface area contributed by atoms with Crippen LogP contribution in [-0.4, -0.2) is 0 Å². The largest absolute Gasteiger partial charge is 0.0817 e. The van der Waals surface area contributed by atoms with E-state index in [1.54, 1.807) is 0 Å². The predicted molar refractivity (Wildman–Crippen MR) is 94.4 cm³/mol. The van der Waals surface area contributed by atoms with Crippen molar-refractivity contribution in [3.63, 3.8) is 0 Å². The Morgan fingerprint density at radius 1 is 0.905 bits per heavy atom. The van der Waals surface area contributed by atoms with Crippen LogP contribution in [0, 0.1) is 29.6 Å². The molecule has 1 fully saturated rings. The van der Waals surface area contributed by atoms with Gasteiger partial charge in [-0.15, -0.1) is 0 Å². The average molecular weight is 291 g/mol. The van der Waals surface area contributed by atoms with Crippen LogP contribution in [0.1, 0.15) is 91.9 Å². The van der Waals surface area contributed by atoms with Gasteiger partial charge >= 0.3 is 0 Å². The number of unbranched alkanes of at least 4 members (excludes halogenated alkanes) is 3. The molecule has 0 saturated heterocycles. The smallest absolute Gasteiger partial charge is 0.0198 e. The van der Waals surface area contributed by atoms with E-state index in [4.69, 9.17) is 0 Å². The molecule has 0 aliphatic heterocycles. The summed E-state index contributed by atoms with van der Waals surface area (Å²) in [4.78, 5) is 0. The molecule has 2 rings (SSSR count). The number of rotatable bonds is 7. The van der Waals surface area contributed by atoms with Crippen molar-refractivity contribution in [2.24, 2.45) is 29.6 Å². The number of allylic oxidation sites excluding steroid dienone is 2. The van der Waals surface area contributed by atoms with Crippen molar-refractivity contribution in [1.82, 2.24) is 0 Å². The Kier molecular flexibility index (Phi) is 6.83. The van der Waals surface area contributed by atoms with E-state index >= 15 is 0 Å². The van der Waals surface area contributed by atoms with Crippen molar-refractivity contribution >= 4 is 0 Å². The van der Waals surface area contributed by atoms with Crippen LogP contribution in [0.3, 0.4) is 0 Å². The van der Waals surface area contributed by atoms with Crippen LogP contribution in [0.5, 0.6) is 0 Å². The van der Waals surface area contributed by atoms with Crippen molar-refractivity contribution < 1.29 is 0 Å². The molecule has 0 radical (unpaired) electrons. The van der Waals surface area contributed by atoms with Gasteiger partial charge in [0.25, 0.3) is 0 Å². The number of hydrogen-bond acceptors (Lipinski definition) is 0. The Labute approximate surface area is 133 Å². The quantitative estimate of drug-likeness (QED) is 0.350. The molecule has 21 heavy (non-hydrogen) atoms. The van der Waals surface area contributed by atoms with Gasteiger partial charge < -0.3 is 0 Å². The molecule has 2 aliphatic carbocycles. The van der Waals surface area contributed by atoms with Crippen molar-refractivity contribution in [3.05, 3.63) is 11.6 Å². The van der Waals surface area contributed by atoms with E-state index in [2.05, 4.69) is 33.8 Å². The Morgan fingerprint density at radius 3 is 2.38 bits per heavy atom. The highest BCUT2D eigenvalue weighted by atomic mass is 14.4. The van der Waals surface area contributed by atoms with Crippen LogP contribution in [0.4, 0.5) is 0 Å². The lowest BCUT2D eigenvalue weighted by Gasteiger charge is -2.42. The van der Waals surface area contributed by atoms with E-state index in [1.807, 2.05) is 5.57 Å². The molecule has 0 amide bonds. The Balaban J connectivity index is 1.94. The minimum absolute atomic E-state index is 0.891. The van der Waals surface area contributed by atoms with Gasteiger partial charge in [-0.25, -0.2) is 0 Å². The molecule has 0 nitrogen and oxygen atoms in total. The molecule has 5 unspecified atom stereocenters. The fourth-order valence-corrected chi connectivity index (χ4v) is 4.84. The summed E-state index contributed by atoms with van der Waals surface area (Å²) in [5.74, 6) is 4.71. The zero-order chi connectivity index (χ0) is 15.2. The Hall–Kier alpha value is -0.260. The van der Waals surface area contributed by atoms with E-state index in [1.165, 1.54) is 64.2 Å². The Morgan fingerprint density at radius 2 is 1.67 bits per heavy atom. The summed E-state index contributed by atoms with van der Waals surface area (Å²) in [6.07, 6.45) is 17.1. The summed E-state index contributed by atoms with van der Waals surface area (Å²) in [6.45, 7) is 9.69. The summed E-state index contributed by atoms with van der Waals surface area (Å²) in [5, 5.41) is 0. The van der Waals surface area contributed by atoms with Crippen LogP contribution in [0.25, 0.3) is 0 Å². The van der Waals surface area contributed by atoms with Crippen molar-refractivity contribution in [2.75, 3.05) is 0 Å². The average Bonchev–Trinajstić information content (AvgIpc) is 2.46. The van der Waals surface area contributed by atoms with Crippen LogP contribution in [0.15, 0.2) is 11.6 Å². The van der Waals surface area contributed by atoms with Crippen LogP contribution in [-0.2, 0) is 0 Å². The van der Waals surface area contributed by atoms with Crippen molar-refractivity contribution in [1.29, 1.82) is 0 Å². The Bertz CT molecular complexity index is 327. The third-order valence-corrected chi connectivity index (χ3v) is 6.36. The molecule has 5 atom stereocenters. The fourth-order valence-electron chi connectivity index (χ4n) is 4.84. The maximum atomic E-state index is 2.74. The lowest BCUT2D eigenvalue weighted by Crippen LogP contribution is -2.31. The molecule has 0 N–H and O–H groups in total. The second-order valence-electron chi connectivity index (χ2n) is 8.13. The second-order valence-corrected chi connectivity index (χ2v) is 8.13. The van der Waals surface area contributed by atoms with Gasteiger partial charge in [-0.2, -0.15) is 0 Å². The van der Waals surface area contributed by atoms with E-state index in [0.717, 1.165) is 29.6 Å². The molecule has 0 aromatic carbocycles. The topological polar surface area (TPSA) is 0 Å². The standard InChI is InChI=1S/C21H38/c1-5-7-9-11-19-15-21-12-16(3)18(10-8-6-2)14-20(21)13-17(19)4/h15-20H,5-14H2,1-4H3. The first kappa shape index (κ1) is 17.1. The first-order valence-corrected chi connectivity index (χ1v) is 9.86. The van der Waals surface area contributed by atoms with Gasteiger partial charge in [0.05, 0.1) is 0 Å². The predicted octanol–water partition coefficient (Wildman–Crippen LogP) is 7.00. The lowest BCUT2D eigenvalue weighted by molar-refractivity contribution is 0.182. The van der Waals surface area contributed by atoms with Gasteiger partial charge in [0.2, 0.25) is 0 Å². The van der Waals surface area contributed by atoms with E-state index < -0.39 is 0 Å². The van der Waals surface area contributed by atoms with Gasteiger partial charge in [-0.3, -0.25) is 0 Å². The normalized spacial score (nSPS) is 36.2. The monoisotopic (exact) mass is 290 g/mol. The summed E-state index contributed by atoms with van der Waals surface area (Å²) in [5.41, 5.74) is 1.86. The van der Waals surface area contributed by atoms with E-state index in [-0.39, 0.29) is 0 Å². The highest BCUT2D eigenvalue weighted by molar-refractivity contribution is 5.17. The summed E-state index contributed by atoms with van der Waals surface area (Å²) >= 11 is 0. The van der Waals surface area contributed by atoms with Crippen LogP contribution >= 0.6 is 0 Å². The molecule has 0 aromatic heterocycles. The molecule has 0 spiro atoms. The molecule has 0 heterocycles. The molecular weight excluding hydrogens is 252 g/mol. The molecule has 122 valence electrons. The number of hydrogen-bond donors (Lipinski definition) is 0. The van der Waals surface area contributed by atoms with Crippen molar-refractivity contribution in [3.8, 4) is 0 Å². The minimum Gasteiger partial charge on any atom is -0.0817 e. The molecule has 1 saturated carbocycles. The third kappa shape index (κ3) is 4.60. The summed E-state index contributed by atoms with van der Waals surface area (Å²) in [6, 6.07) is 0. The maximum Gasteiger partial charge on any atom is -0.0198 e. The summed E-state index contributed by atoms with van der Waals surface area (Å²) in [7, 11) is 0. The highest BCUT2D eigenvalue weighted by Gasteiger charge is 2.35. The third-order valence-electron chi connectivity index (χ3n) is 6.36. The van der Waals surface area contributed by atoms with Gasteiger partial charge in [-0.1, -0.05) is 77.9 Å². The van der Waals surface area contributed by atoms with E-state index in [9.17, 15) is 0 Å². The van der Waals surface area contributed by atoms with Gasteiger partial charge in [0, 0.05) is 0 Å². The highest BCUT2D eigenvalue weighted by Crippen LogP contribution is 2.47. The first-order chi connectivity index (χ1) is 10.2. The molecular formula is C21H38. The fraction of sp³-hybridized carbons (Fsp3) is 0.905. The summed E-state index contributed by atoms with van der Waals surface area (Å²) < 4.78 is 0. The number of fused-ring (bicyclic) bond motifs is 1. The maximum absolute atomic E-state index is 2.74. The minimum atomic E-state index is 0.891. The lowest BCUT2D eigenvalue weighted by atomic mass is 9.63. The van der Waals surface area contributed by atoms with Gasteiger partial charge in [-0.05, 0) is 55.3 Å². The molecule has 0 heteroatoms. The molecule has 0 bridgehead atoms. The van der Waals surface area contributed by atoms with E-state index in [0.29, 0.717) is 0 Å². The van der Waals surface area contributed by atoms with Crippen LogP contribution < -0.4 is 0 Å². The molecule has 0 aromatic rings. The SMILES string of the molecule is CCCCCC1C=C2CC(C)C(CCCC)CC2CC1C. The first-order valence-electron chi connectivity index (χ1n) is 9.86. The zero-order valence-corrected chi connectivity index (χ0v) is 15.0. The second kappa shape index (κ2) is 8.39.